The molecular formula is C11H9BrF2O4. The van der Waals surface area contributed by atoms with Crippen molar-refractivity contribution in [3.05, 3.63) is 27.7 Å². The van der Waals surface area contributed by atoms with Crippen LogP contribution in [0.1, 0.15) is 17.3 Å². The maximum absolute atomic E-state index is 13.6. The molecule has 1 rings (SSSR count). The van der Waals surface area contributed by atoms with E-state index in [4.69, 9.17) is 4.74 Å². The van der Waals surface area contributed by atoms with E-state index in [0.29, 0.717) is 0 Å². The predicted molar refractivity (Wildman–Crippen MR) is 61.6 cm³/mol. The quantitative estimate of drug-likeness (QED) is 0.370. The fourth-order valence-corrected chi connectivity index (χ4v) is 1.84. The van der Waals surface area contributed by atoms with Crippen molar-refractivity contribution >= 4 is 27.7 Å². The van der Waals surface area contributed by atoms with E-state index in [1.807, 2.05) is 0 Å². The molecule has 0 amide bonds. The monoisotopic (exact) mass is 322 g/mol. The number of carbonyl (C=O) groups is 2. The summed E-state index contributed by atoms with van der Waals surface area (Å²) >= 11 is 2.91. The van der Waals surface area contributed by atoms with Crippen LogP contribution in [0.3, 0.4) is 0 Å². The molecule has 0 spiro atoms. The summed E-state index contributed by atoms with van der Waals surface area (Å²) in [5, 5.41) is 0. The number of halogens is 3. The van der Waals surface area contributed by atoms with Crippen molar-refractivity contribution in [2.24, 2.45) is 0 Å². The molecule has 0 aliphatic rings. The molecule has 4 nitrogen and oxygen atoms in total. The lowest BCUT2D eigenvalue weighted by atomic mass is 10.1. The predicted octanol–water partition coefficient (Wildman–Crippen LogP) is 2.48. The van der Waals surface area contributed by atoms with Gasteiger partial charge in [0.05, 0.1) is 18.2 Å². The lowest BCUT2D eigenvalue weighted by Crippen LogP contribution is -2.20. The second-order valence-electron chi connectivity index (χ2n) is 3.11. The molecule has 0 fully saturated rings. The largest absolute Gasteiger partial charge is 0.495 e. The average Bonchev–Trinajstić information content (AvgIpc) is 2.32. The number of esters is 1. The number of carbonyl (C=O) groups excluding carboxylic acids is 2. The first-order chi connectivity index (χ1) is 8.43. The van der Waals surface area contributed by atoms with E-state index in [9.17, 15) is 18.4 Å². The molecule has 0 aliphatic carbocycles. The fourth-order valence-electron chi connectivity index (χ4n) is 1.28. The highest BCUT2D eigenvalue weighted by Gasteiger charge is 2.29. The van der Waals surface area contributed by atoms with Gasteiger partial charge in [-0.05, 0) is 28.9 Å². The molecule has 7 heteroatoms. The van der Waals surface area contributed by atoms with E-state index in [1.165, 1.54) is 14.0 Å². The molecule has 0 saturated carbocycles. The van der Waals surface area contributed by atoms with Crippen LogP contribution in [0.5, 0.6) is 5.75 Å². The Morgan fingerprint density at radius 2 is 2.00 bits per heavy atom. The minimum atomic E-state index is -1.45. The van der Waals surface area contributed by atoms with Gasteiger partial charge in [0.1, 0.15) is 11.3 Å². The molecule has 0 N–H and O–H groups in total. The summed E-state index contributed by atoms with van der Waals surface area (Å²) in [6, 6.07) is 0.802. The Morgan fingerprint density at radius 3 is 2.50 bits per heavy atom. The number of ether oxygens (including phenoxy) is 2. The summed E-state index contributed by atoms with van der Waals surface area (Å²) < 4.78 is 36.0. The van der Waals surface area contributed by atoms with Crippen molar-refractivity contribution in [2.75, 3.05) is 13.7 Å². The average molecular weight is 323 g/mol. The normalized spacial score (nSPS) is 10.1. The standard InChI is InChI=1S/C11H9BrF2O4/c1-3-18-11(16)9(15)7-8(14)6(13)4-5(12)10(7)17-2/h4H,3H2,1-2H3. The highest BCUT2D eigenvalue weighted by Crippen LogP contribution is 2.33. The van der Waals surface area contributed by atoms with Gasteiger partial charge in [0.15, 0.2) is 11.6 Å². The van der Waals surface area contributed by atoms with Crippen LogP contribution >= 0.6 is 15.9 Å². The van der Waals surface area contributed by atoms with Crippen molar-refractivity contribution in [1.82, 2.24) is 0 Å². The zero-order valence-electron chi connectivity index (χ0n) is 9.55. The number of methoxy groups -OCH3 is 1. The Kier molecular flexibility index (Phi) is 4.77. The van der Waals surface area contributed by atoms with E-state index >= 15 is 0 Å². The molecular weight excluding hydrogens is 314 g/mol. The highest BCUT2D eigenvalue weighted by molar-refractivity contribution is 9.10. The summed E-state index contributed by atoms with van der Waals surface area (Å²) in [6.07, 6.45) is 0. The van der Waals surface area contributed by atoms with Gasteiger partial charge in [-0.2, -0.15) is 0 Å². The van der Waals surface area contributed by atoms with Gasteiger partial charge < -0.3 is 9.47 Å². The van der Waals surface area contributed by atoms with Crippen LogP contribution < -0.4 is 4.74 Å². The third-order valence-electron chi connectivity index (χ3n) is 2.02. The van der Waals surface area contributed by atoms with Crippen LogP contribution in [0.25, 0.3) is 0 Å². The molecule has 0 aromatic heterocycles. The number of Topliss-reactive ketones (excluding diaryl/α,β-unsaturated/α-hetero) is 1. The van der Waals surface area contributed by atoms with E-state index in [2.05, 4.69) is 20.7 Å². The molecule has 0 saturated heterocycles. The van der Waals surface area contributed by atoms with Gasteiger partial charge in [-0.25, -0.2) is 13.6 Å². The molecule has 0 atom stereocenters. The Labute approximate surface area is 110 Å². The second-order valence-corrected chi connectivity index (χ2v) is 3.97. The van der Waals surface area contributed by atoms with E-state index < -0.39 is 29.0 Å². The van der Waals surface area contributed by atoms with E-state index in [1.54, 1.807) is 0 Å². The summed E-state index contributed by atoms with van der Waals surface area (Å²) in [7, 11) is 1.17. The van der Waals surface area contributed by atoms with Gasteiger partial charge in [0.25, 0.3) is 5.78 Å². The summed E-state index contributed by atoms with van der Waals surface area (Å²) in [5.41, 5.74) is -0.789. The Balaban J connectivity index is 3.38. The maximum Gasteiger partial charge on any atom is 0.379 e. The first kappa shape index (κ1) is 14.6. The Morgan fingerprint density at radius 1 is 1.39 bits per heavy atom. The first-order valence-electron chi connectivity index (χ1n) is 4.86. The molecule has 1 aromatic rings. The number of hydrogen-bond acceptors (Lipinski definition) is 4. The van der Waals surface area contributed by atoms with Crippen molar-refractivity contribution in [3.8, 4) is 5.75 Å². The minimum absolute atomic E-state index is 0.0246. The van der Waals surface area contributed by atoms with Crippen LogP contribution in [-0.2, 0) is 9.53 Å². The lowest BCUT2D eigenvalue weighted by molar-refractivity contribution is -0.137. The molecule has 1 aromatic carbocycles. The second kappa shape index (κ2) is 5.90. The van der Waals surface area contributed by atoms with Crippen LogP contribution in [0.15, 0.2) is 10.5 Å². The molecule has 0 radical (unpaired) electrons. The fraction of sp³-hybridized carbons (Fsp3) is 0.273. The number of benzene rings is 1. The topological polar surface area (TPSA) is 52.6 Å². The van der Waals surface area contributed by atoms with Crippen LogP contribution in [0.4, 0.5) is 8.78 Å². The Bertz CT molecular complexity index is 502. The first-order valence-corrected chi connectivity index (χ1v) is 5.66. The van der Waals surface area contributed by atoms with Gasteiger partial charge in [-0.15, -0.1) is 0 Å². The number of rotatable bonds is 4. The third-order valence-corrected chi connectivity index (χ3v) is 2.61. The maximum atomic E-state index is 13.6. The van der Waals surface area contributed by atoms with Gasteiger partial charge in [0, 0.05) is 0 Å². The molecule has 18 heavy (non-hydrogen) atoms. The molecule has 0 aliphatic heterocycles. The molecule has 0 bridgehead atoms. The van der Waals surface area contributed by atoms with E-state index in [0.717, 1.165) is 6.07 Å². The highest BCUT2D eigenvalue weighted by atomic mass is 79.9. The van der Waals surface area contributed by atoms with Crippen molar-refractivity contribution in [1.29, 1.82) is 0 Å². The van der Waals surface area contributed by atoms with Crippen LogP contribution in [-0.4, -0.2) is 25.5 Å². The van der Waals surface area contributed by atoms with Gasteiger partial charge in [-0.1, -0.05) is 0 Å². The lowest BCUT2D eigenvalue weighted by Gasteiger charge is -2.10. The molecule has 0 heterocycles. The van der Waals surface area contributed by atoms with Crippen LogP contribution in [0.2, 0.25) is 0 Å². The SMILES string of the molecule is CCOC(=O)C(=O)c1c(F)c(F)cc(Br)c1OC. The summed E-state index contributed by atoms with van der Waals surface area (Å²) in [6.45, 7) is 1.44. The summed E-state index contributed by atoms with van der Waals surface area (Å²) in [4.78, 5) is 22.9. The van der Waals surface area contributed by atoms with Crippen molar-refractivity contribution < 1.29 is 27.8 Å². The zero-order chi connectivity index (χ0) is 13.9. The summed E-state index contributed by atoms with van der Waals surface area (Å²) in [5.74, 6) is -5.55. The number of hydrogen-bond donors (Lipinski definition) is 0. The minimum Gasteiger partial charge on any atom is -0.495 e. The molecule has 98 valence electrons. The van der Waals surface area contributed by atoms with Gasteiger partial charge >= 0.3 is 5.97 Å². The van der Waals surface area contributed by atoms with Gasteiger partial charge in [-0.3, -0.25) is 4.79 Å². The Hall–Kier alpha value is -1.50. The van der Waals surface area contributed by atoms with Crippen molar-refractivity contribution in [2.45, 2.75) is 6.92 Å². The van der Waals surface area contributed by atoms with Crippen molar-refractivity contribution in [3.63, 3.8) is 0 Å². The number of ketones is 1. The zero-order valence-corrected chi connectivity index (χ0v) is 11.1. The van der Waals surface area contributed by atoms with E-state index in [-0.39, 0.29) is 16.8 Å². The van der Waals surface area contributed by atoms with Crippen LogP contribution in [0, 0.1) is 11.6 Å². The van der Waals surface area contributed by atoms with Gasteiger partial charge in [0.2, 0.25) is 0 Å². The smallest absolute Gasteiger partial charge is 0.379 e. The molecule has 0 unspecified atom stereocenters. The third kappa shape index (κ3) is 2.66.